The Morgan fingerprint density at radius 2 is 1.90 bits per heavy atom. The van der Waals surface area contributed by atoms with Gasteiger partial charge in [0.25, 0.3) is 11.8 Å². The maximum Gasteiger partial charge on any atom is 0.326 e. The summed E-state index contributed by atoms with van der Waals surface area (Å²) < 4.78 is 5.01. The molecule has 8 heteroatoms. The van der Waals surface area contributed by atoms with Gasteiger partial charge in [-0.1, -0.05) is 42.5 Å². The summed E-state index contributed by atoms with van der Waals surface area (Å²) in [5, 5.41) is 7.59. The molecule has 4 amide bonds. The molecule has 0 bridgehead atoms. The molecule has 1 aliphatic carbocycles. The van der Waals surface area contributed by atoms with E-state index in [1.165, 1.54) is 0 Å². The van der Waals surface area contributed by atoms with E-state index in [-0.39, 0.29) is 12.0 Å². The van der Waals surface area contributed by atoms with Crippen molar-refractivity contribution in [1.29, 1.82) is 0 Å². The highest BCUT2D eigenvalue weighted by atomic mass is 16.5. The van der Waals surface area contributed by atoms with Crippen LogP contribution in [0.1, 0.15) is 38.3 Å². The quantitative estimate of drug-likeness (QED) is 0.525. The van der Waals surface area contributed by atoms with Crippen LogP contribution in [0.25, 0.3) is 10.8 Å². The first kappa shape index (κ1) is 20.8. The number of amides is 4. The van der Waals surface area contributed by atoms with Crippen LogP contribution in [0.3, 0.4) is 0 Å². The van der Waals surface area contributed by atoms with E-state index in [0.29, 0.717) is 0 Å². The van der Waals surface area contributed by atoms with Gasteiger partial charge in [0.2, 0.25) is 0 Å². The zero-order valence-electron chi connectivity index (χ0n) is 17.5. The first-order valence-corrected chi connectivity index (χ1v) is 10.4. The molecular weight excluding hydrogens is 398 g/mol. The van der Waals surface area contributed by atoms with Gasteiger partial charge in [-0.2, -0.15) is 0 Å². The summed E-state index contributed by atoms with van der Waals surface area (Å²) in [6.07, 6.45) is 1.74. The predicted octanol–water partition coefficient (Wildman–Crippen LogP) is 2.28. The minimum Gasteiger partial charge on any atom is -0.454 e. The molecule has 2 aromatic carbocycles. The summed E-state index contributed by atoms with van der Waals surface area (Å²) in [7, 11) is 0. The van der Waals surface area contributed by atoms with Crippen LogP contribution in [0.4, 0.5) is 4.79 Å². The fourth-order valence-corrected chi connectivity index (χ4v) is 4.11. The highest BCUT2D eigenvalue weighted by molar-refractivity contribution is 6.08. The van der Waals surface area contributed by atoms with Crippen LogP contribution >= 0.6 is 0 Å². The van der Waals surface area contributed by atoms with Crippen LogP contribution in [0.5, 0.6) is 0 Å². The van der Waals surface area contributed by atoms with Gasteiger partial charge in [-0.15, -0.1) is 0 Å². The summed E-state index contributed by atoms with van der Waals surface area (Å²) >= 11 is 0. The third-order valence-corrected chi connectivity index (χ3v) is 6.01. The minimum atomic E-state index is -0.956. The Morgan fingerprint density at radius 3 is 2.65 bits per heavy atom. The van der Waals surface area contributed by atoms with Crippen molar-refractivity contribution in [1.82, 2.24) is 15.5 Å². The van der Waals surface area contributed by atoms with Crippen molar-refractivity contribution in [3.8, 4) is 0 Å². The number of esters is 1. The molecule has 2 fully saturated rings. The fraction of sp³-hybridized carbons (Fsp3) is 0.391. The summed E-state index contributed by atoms with van der Waals surface area (Å²) in [5.74, 6) is -1.59. The van der Waals surface area contributed by atoms with Crippen LogP contribution in [-0.2, 0) is 19.1 Å². The van der Waals surface area contributed by atoms with Crippen molar-refractivity contribution in [2.24, 2.45) is 5.92 Å². The molecule has 1 aliphatic heterocycles. The number of rotatable bonds is 7. The monoisotopic (exact) mass is 423 g/mol. The van der Waals surface area contributed by atoms with Gasteiger partial charge in [-0.25, -0.2) is 4.79 Å². The van der Waals surface area contributed by atoms with Gasteiger partial charge in [0.05, 0.1) is 6.04 Å². The van der Waals surface area contributed by atoms with E-state index in [0.717, 1.165) is 34.1 Å². The lowest BCUT2D eigenvalue weighted by Crippen LogP contribution is -2.46. The van der Waals surface area contributed by atoms with E-state index in [1.54, 1.807) is 6.92 Å². The van der Waals surface area contributed by atoms with Gasteiger partial charge >= 0.3 is 12.0 Å². The highest BCUT2D eigenvalue weighted by Crippen LogP contribution is 2.42. The van der Waals surface area contributed by atoms with Crippen LogP contribution < -0.4 is 10.6 Å². The maximum atomic E-state index is 12.6. The molecule has 1 heterocycles. The number of imide groups is 1. The number of carbonyl (C=O) groups excluding carboxylic acids is 4. The number of nitrogens with zero attached hydrogens (tertiary/aromatic N) is 1. The topological polar surface area (TPSA) is 105 Å². The normalized spacial score (nSPS) is 21.7. The molecule has 8 nitrogen and oxygen atoms in total. The molecule has 2 N–H and O–H groups in total. The van der Waals surface area contributed by atoms with Crippen LogP contribution in [0, 0.1) is 5.92 Å². The van der Waals surface area contributed by atoms with Crippen LogP contribution in [0.15, 0.2) is 42.5 Å². The van der Waals surface area contributed by atoms with Crippen LogP contribution in [-0.4, -0.2) is 47.4 Å². The minimum absolute atomic E-state index is 0.103. The lowest BCUT2D eigenvalue weighted by Gasteiger charge is -2.20. The van der Waals surface area contributed by atoms with Gasteiger partial charge in [0, 0.05) is 0 Å². The van der Waals surface area contributed by atoms with E-state index in [4.69, 9.17) is 4.74 Å². The fourth-order valence-electron chi connectivity index (χ4n) is 4.11. The number of nitrogens with one attached hydrogen (secondary N) is 2. The summed E-state index contributed by atoms with van der Waals surface area (Å²) in [4.78, 5) is 50.0. The molecule has 2 aliphatic rings. The largest absolute Gasteiger partial charge is 0.454 e. The molecule has 2 atom stereocenters. The van der Waals surface area contributed by atoms with Crippen molar-refractivity contribution in [3.05, 3.63) is 48.0 Å². The first-order valence-electron chi connectivity index (χ1n) is 10.4. The number of hydrogen-bond donors (Lipinski definition) is 2. The zero-order chi connectivity index (χ0) is 22.2. The standard InChI is InChI=1S/C23H25N3O5/c1-14(17-9-5-7-15-6-3-4-8-18(15)17)24-19(27)13-31-20(28)12-26-21(29)23(2,16-10-11-16)25-22(26)30/h3-9,14,16H,10-13H2,1-2H3,(H,24,27)(H,25,30)/t14-,23+/m0/s1. The Labute approximate surface area is 179 Å². The number of carbonyl (C=O) groups is 4. The molecule has 0 radical (unpaired) electrons. The van der Waals surface area contributed by atoms with Crippen molar-refractivity contribution in [3.63, 3.8) is 0 Å². The lowest BCUT2D eigenvalue weighted by atomic mass is 9.96. The average molecular weight is 423 g/mol. The van der Waals surface area contributed by atoms with Gasteiger partial charge in [-0.3, -0.25) is 19.3 Å². The van der Waals surface area contributed by atoms with E-state index in [2.05, 4.69) is 10.6 Å². The SMILES string of the molecule is C[C@H](NC(=O)COC(=O)CN1C(=O)N[C@](C)(C2CC2)C1=O)c1cccc2ccccc12. The maximum absolute atomic E-state index is 12.6. The lowest BCUT2D eigenvalue weighted by molar-refractivity contribution is -0.151. The zero-order valence-corrected chi connectivity index (χ0v) is 17.5. The molecule has 2 aromatic rings. The molecule has 0 spiro atoms. The summed E-state index contributed by atoms with van der Waals surface area (Å²) in [6, 6.07) is 12.8. The number of benzene rings is 2. The van der Waals surface area contributed by atoms with Crippen LogP contribution in [0.2, 0.25) is 0 Å². The predicted molar refractivity (Wildman–Crippen MR) is 113 cm³/mol. The Bertz CT molecular complexity index is 1060. The van der Waals surface area contributed by atoms with E-state index in [9.17, 15) is 19.2 Å². The molecule has 4 rings (SSSR count). The van der Waals surface area contributed by atoms with Gasteiger partial charge < -0.3 is 15.4 Å². The first-order chi connectivity index (χ1) is 14.8. The molecule has 162 valence electrons. The third kappa shape index (κ3) is 4.10. The second-order valence-electron chi connectivity index (χ2n) is 8.32. The molecule has 1 saturated heterocycles. The summed E-state index contributed by atoms with van der Waals surface area (Å²) in [5.41, 5.74) is -0.000659. The Morgan fingerprint density at radius 1 is 1.19 bits per heavy atom. The van der Waals surface area contributed by atoms with Crippen molar-refractivity contribution < 1.29 is 23.9 Å². The van der Waals surface area contributed by atoms with Crippen molar-refractivity contribution in [2.45, 2.75) is 38.3 Å². The van der Waals surface area contributed by atoms with E-state index < -0.39 is 42.5 Å². The van der Waals surface area contributed by atoms with E-state index in [1.807, 2.05) is 49.4 Å². The van der Waals surface area contributed by atoms with Gasteiger partial charge in [-0.05, 0) is 48.9 Å². The molecule has 1 saturated carbocycles. The Balaban J connectivity index is 1.30. The number of ether oxygens (including phenoxy) is 1. The second-order valence-corrected chi connectivity index (χ2v) is 8.32. The molecular formula is C23H25N3O5. The third-order valence-electron chi connectivity index (χ3n) is 6.01. The molecule has 0 unspecified atom stereocenters. The number of hydrogen-bond acceptors (Lipinski definition) is 5. The van der Waals surface area contributed by atoms with E-state index >= 15 is 0 Å². The Hall–Kier alpha value is -3.42. The van der Waals surface area contributed by atoms with Crippen molar-refractivity contribution >= 4 is 34.6 Å². The number of urea groups is 1. The van der Waals surface area contributed by atoms with Gasteiger partial charge in [0.15, 0.2) is 6.61 Å². The van der Waals surface area contributed by atoms with Crippen molar-refractivity contribution in [2.75, 3.05) is 13.2 Å². The molecule has 31 heavy (non-hydrogen) atoms. The Kier molecular flexibility index (Phi) is 5.39. The number of fused-ring (bicyclic) bond motifs is 1. The smallest absolute Gasteiger partial charge is 0.326 e. The molecule has 0 aromatic heterocycles. The average Bonchev–Trinajstić information content (AvgIpc) is 3.58. The van der Waals surface area contributed by atoms with Gasteiger partial charge in [0.1, 0.15) is 12.1 Å². The highest BCUT2D eigenvalue weighted by Gasteiger charge is 2.56. The summed E-state index contributed by atoms with van der Waals surface area (Å²) in [6.45, 7) is 2.53. The second kappa shape index (κ2) is 8.02.